The second-order valence-corrected chi connectivity index (χ2v) is 7.84. The fourth-order valence-corrected chi connectivity index (χ4v) is 3.89. The first-order chi connectivity index (χ1) is 14.6. The lowest BCUT2D eigenvalue weighted by Gasteiger charge is -2.34. The number of urea groups is 1. The minimum atomic E-state index is -0.183. The highest BCUT2D eigenvalue weighted by molar-refractivity contribution is 5.91. The van der Waals surface area contributed by atoms with Gasteiger partial charge < -0.3 is 24.5 Å². The zero-order chi connectivity index (χ0) is 20.9. The van der Waals surface area contributed by atoms with Crippen molar-refractivity contribution in [3.05, 3.63) is 41.4 Å². The van der Waals surface area contributed by atoms with Crippen LogP contribution in [0.4, 0.5) is 10.6 Å². The quantitative estimate of drug-likeness (QED) is 0.826. The van der Waals surface area contributed by atoms with E-state index in [1.807, 2.05) is 6.07 Å². The molecule has 2 fully saturated rings. The lowest BCUT2D eigenvalue weighted by atomic mass is 10.1. The van der Waals surface area contributed by atoms with Gasteiger partial charge in [-0.05, 0) is 43.9 Å². The fraction of sp³-hybridized carbons (Fsp3) is 0.524. The van der Waals surface area contributed by atoms with Crippen molar-refractivity contribution in [2.24, 2.45) is 0 Å². The topological polar surface area (TPSA) is 94.8 Å². The average Bonchev–Trinajstić information content (AvgIpc) is 3.24. The summed E-state index contributed by atoms with van der Waals surface area (Å²) < 4.78 is 5.05. The molecule has 9 heteroatoms. The summed E-state index contributed by atoms with van der Waals surface area (Å²) >= 11 is 0. The number of nitrogens with zero attached hydrogens (tertiary/aromatic N) is 5. The zero-order valence-corrected chi connectivity index (χ0v) is 17.3. The lowest BCUT2D eigenvalue weighted by Crippen LogP contribution is -2.53. The van der Waals surface area contributed by atoms with Gasteiger partial charge in [0.2, 0.25) is 5.76 Å². The standard InChI is InChI=1S/C21H28N6O3/c1-16-13-18(30-24-16)20(28)26-9-11-27(12-10-26)21(29)23-15-17-5-6-22-19(14-17)25-7-3-2-4-8-25/h5-6,13-14H,2-4,7-12,15H2,1H3,(H,23,29). The largest absolute Gasteiger partial charge is 0.357 e. The first kappa shape index (κ1) is 20.2. The van der Waals surface area contributed by atoms with Crippen LogP contribution in [0.3, 0.4) is 0 Å². The maximum atomic E-state index is 12.6. The van der Waals surface area contributed by atoms with E-state index < -0.39 is 0 Å². The van der Waals surface area contributed by atoms with Crippen LogP contribution in [0, 0.1) is 6.92 Å². The maximum Gasteiger partial charge on any atom is 0.317 e. The predicted octanol–water partition coefficient (Wildman–Crippen LogP) is 2.04. The van der Waals surface area contributed by atoms with Crippen molar-refractivity contribution in [2.45, 2.75) is 32.7 Å². The van der Waals surface area contributed by atoms with E-state index >= 15 is 0 Å². The third kappa shape index (κ3) is 4.72. The minimum absolute atomic E-state index is 0.117. The van der Waals surface area contributed by atoms with Gasteiger partial charge in [-0.15, -0.1) is 0 Å². The van der Waals surface area contributed by atoms with E-state index in [2.05, 4.69) is 26.4 Å². The number of pyridine rings is 1. The van der Waals surface area contributed by atoms with Gasteiger partial charge in [0.1, 0.15) is 5.82 Å². The molecule has 1 N–H and O–H groups in total. The molecule has 2 saturated heterocycles. The van der Waals surface area contributed by atoms with Crippen LogP contribution >= 0.6 is 0 Å². The number of carbonyl (C=O) groups is 2. The number of amides is 3. The van der Waals surface area contributed by atoms with Gasteiger partial charge in [0.25, 0.3) is 5.91 Å². The van der Waals surface area contributed by atoms with E-state index in [0.29, 0.717) is 38.4 Å². The van der Waals surface area contributed by atoms with Gasteiger partial charge in [0, 0.05) is 58.1 Å². The molecule has 0 unspecified atom stereocenters. The Balaban J connectivity index is 1.26. The summed E-state index contributed by atoms with van der Waals surface area (Å²) in [5, 5.41) is 6.75. The molecule has 0 spiro atoms. The van der Waals surface area contributed by atoms with Crippen LogP contribution in [0.2, 0.25) is 0 Å². The van der Waals surface area contributed by atoms with E-state index in [1.54, 1.807) is 29.0 Å². The molecule has 160 valence electrons. The Kier molecular flexibility index (Phi) is 6.15. The van der Waals surface area contributed by atoms with E-state index in [0.717, 1.165) is 24.5 Å². The number of aromatic nitrogens is 2. The molecule has 4 rings (SSSR count). The van der Waals surface area contributed by atoms with Gasteiger partial charge in [0.05, 0.1) is 5.69 Å². The van der Waals surface area contributed by atoms with Crippen LogP contribution in [-0.4, -0.2) is 71.1 Å². The van der Waals surface area contributed by atoms with Crippen molar-refractivity contribution in [1.29, 1.82) is 0 Å². The molecule has 2 aromatic heterocycles. The molecule has 30 heavy (non-hydrogen) atoms. The van der Waals surface area contributed by atoms with Crippen molar-refractivity contribution in [2.75, 3.05) is 44.2 Å². The number of piperidine rings is 1. The van der Waals surface area contributed by atoms with Crippen LogP contribution in [0.25, 0.3) is 0 Å². The van der Waals surface area contributed by atoms with Crippen LogP contribution in [0.15, 0.2) is 28.9 Å². The average molecular weight is 412 g/mol. The number of hydrogen-bond acceptors (Lipinski definition) is 6. The van der Waals surface area contributed by atoms with Gasteiger partial charge >= 0.3 is 6.03 Å². The third-order valence-electron chi connectivity index (χ3n) is 5.63. The van der Waals surface area contributed by atoms with Crippen molar-refractivity contribution >= 4 is 17.8 Å². The van der Waals surface area contributed by atoms with E-state index in [1.165, 1.54) is 19.3 Å². The van der Waals surface area contributed by atoms with Crippen LogP contribution in [-0.2, 0) is 6.54 Å². The number of piperazine rings is 1. The van der Waals surface area contributed by atoms with Crippen molar-refractivity contribution in [3.63, 3.8) is 0 Å². The maximum absolute atomic E-state index is 12.6. The second kappa shape index (κ2) is 9.15. The summed E-state index contributed by atoms with van der Waals surface area (Å²) in [7, 11) is 0. The summed E-state index contributed by atoms with van der Waals surface area (Å²) in [4.78, 5) is 35.2. The van der Waals surface area contributed by atoms with Gasteiger partial charge in [-0.3, -0.25) is 4.79 Å². The van der Waals surface area contributed by atoms with E-state index in [-0.39, 0.29) is 17.7 Å². The molecule has 2 aliphatic heterocycles. The zero-order valence-electron chi connectivity index (χ0n) is 17.3. The Morgan fingerprint density at radius 1 is 1.03 bits per heavy atom. The van der Waals surface area contributed by atoms with E-state index in [4.69, 9.17) is 4.52 Å². The number of aryl methyl sites for hydroxylation is 1. The summed E-state index contributed by atoms with van der Waals surface area (Å²) in [5.41, 5.74) is 1.71. The molecule has 0 saturated carbocycles. The normalized spacial score (nSPS) is 17.2. The SMILES string of the molecule is Cc1cc(C(=O)N2CCN(C(=O)NCc3ccnc(N4CCCCC4)c3)CC2)on1. The molecule has 0 atom stereocenters. The molecule has 2 aromatic rings. The Morgan fingerprint density at radius 3 is 2.47 bits per heavy atom. The van der Waals surface area contributed by atoms with Crippen molar-refractivity contribution in [1.82, 2.24) is 25.3 Å². The Hall–Kier alpha value is -3.10. The van der Waals surface area contributed by atoms with Crippen molar-refractivity contribution < 1.29 is 14.1 Å². The monoisotopic (exact) mass is 412 g/mol. The molecule has 0 radical (unpaired) electrons. The Morgan fingerprint density at radius 2 is 1.77 bits per heavy atom. The molecule has 2 aliphatic rings. The fourth-order valence-electron chi connectivity index (χ4n) is 3.89. The minimum Gasteiger partial charge on any atom is -0.357 e. The molecule has 0 bridgehead atoms. The molecule has 9 nitrogen and oxygen atoms in total. The van der Waals surface area contributed by atoms with Crippen LogP contribution in [0.5, 0.6) is 0 Å². The lowest BCUT2D eigenvalue weighted by molar-refractivity contribution is 0.0624. The van der Waals surface area contributed by atoms with Gasteiger partial charge in [-0.1, -0.05) is 5.16 Å². The smallest absolute Gasteiger partial charge is 0.317 e. The molecular formula is C21H28N6O3. The first-order valence-corrected chi connectivity index (χ1v) is 10.6. The number of nitrogens with one attached hydrogen (secondary N) is 1. The van der Waals surface area contributed by atoms with Crippen LogP contribution < -0.4 is 10.2 Å². The Labute approximate surface area is 176 Å². The van der Waals surface area contributed by atoms with Crippen molar-refractivity contribution in [3.8, 4) is 0 Å². The highest BCUT2D eigenvalue weighted by Crippen LogP contribution is 2.18. The number of anilines is 1. The molecule has 0 aliphatic carbocycles. The number of rotatable bonds is 4. The van der Waals surface area contributed by atoms with Gasteiger partial charge in [-0.25, -0.2) is 9.78 Å². The molecule has 0 aromatic carbocycles. The summed E-state index contributed by atoms with van der Waals surface area (Å²) in [5.74, 6) is 1.04. The van der Waals surface area contributed by atoms with E-state index in [9.17, 15) is 9.59 Å². The summed E-state index contributed by atoms with van der Waals surface area (Å²) in [6, 6.07) is 5.51. The third-order valence-corrected chi connectivity index (χ3v) is 5.63. The summed E-state index contributed by atoms with van der Waals surface area (Å²) in [6.45, 7) is 6.24. The molecule has 3 amide bonds. The Bertz CT molecular complexity index is 884. The molecule has 4 heterocycles. The van der Waals surface area contributed by atoms with Crippen LogP contribution in [0.1, 0.15) is 41.1 Å². The highest BCUT2D eigenvalue weighted by atomic mass is 16.5. The predicted molar refractivity (Wildman–Crippen MR) is 111 cm³/mol. The number of carbonyl (C=O) groups excluding carboxylic acids is 2. The molecular weight excluding hydrogens is 384 g/mol. The first-order valence-electron chi connectivity index (χ1n) is 10.6. The van der Waals surface area contributed by atoms with Gasteiger partial charge in [0.15, 0.2) is 0 Å². The highest BCUT2D eigenvalue weighted by Gasteiger charge is 2.26. The summed E-state index contributed by atoms with van der Waals surface area (Å²) in [6.07, 6.45) is 5.49. The number of hydrogen-bond donors (Lipinski definition) is 1. The second-order valence-electron chi connectivity index (χ2n) is 7.84. The van der Waals surface area contributed by atoms with Gasteiger partial charge in [-0.2, -0.15) is 0 Å².